The Morgan fingerprint density at radius 1 is 0.792 bits per heavy atom. The number of aliphatic hydroxyl groups excluding tert-OH is 5. The maximum absolute atomic E-state index is 16.3. The van der Waals surface area contributed by atoms with Crippen LogP contribution in [-0.2, 0) is 61.9 Å². The lowest BCUT2D eigenvalue weighted by atomic mass is 9.44. The van der Waals surface area contributed by atoms with Crippen LogP contribution in [0.4, 0.5) is 0 Å². The Kier molecular flexibility index (Phi) is 16.3. The molecule has 3 aliphatic carbocycles. The monoisotopic (exact) mass is 1070 g/mol. The summed E-state index contributed by atoms with van der Waals surface area (Å²) in [6, 6.07) is 22.2. The van der Waals surface area contributed by atoms with Crippen molar-refractivity contribution in [3.05, 3.63) is 119 Å². The highest BCUT2D eigenvalue weighted by molar-refractivity contribution is 5.96. The lowest BCUT2D eigenvalue weighted by Gasteiger charge is -2.67. The van der Waals surface area contributed by atoms with E-state index in [1.807, 2.05) is 0 Å². The quantitative estimate of drug-likeness (QED) is 0.0637. The second kappa shape index (κ2) is 22.1. The van der Waals surface area contributed by atoms with E-state index in [0.29, 0.717) is 5.56 Å². The van der Waals surface area contributed by atoms with Gasteiger partial charge in [-0.05, 0) is 54.8 Å². The van der Waals surface area contributed by atoms with Crippen LogP contribution in [0.2, 0.25) is 0 Å². The molecule has 5 aliphatic rings. The van der Waals surface area contributed by atoms with Crippen molar-refractivity contribution in [2.24, 2.45) is 16.7 Å². The molecule has 22 heteroatoms. The zero-order chi connectivity index (χ0) is 55.9. The predicted molar refractivity (Wildman–Crippen MR) is 261 cm³/mol. The van der Waals surface area contributed by atoms with Crippen LogP contribution in [0.5, 0.6) is 0 Å². The number of carbonyl (C=O) groups is 7. The van der Waals surface area contributed by atoms with Crippen molar-refractivity contribution >= 4 is 41.5 Å². The van der Waals surface area contributed by atoms with Gasteiger partial charge in [0.05, 0.1) is 36.2 Å². The van der Waals surface area contributed by atoms with E-state index in [1.165, 1.54) is 52.0 Å². The van der Waals surface area contributed by atoms with E-state index in [4.69, 9.17) is 37.9 Å². The van der Waals surface area contributed by atoms with Gasteiger partial charge in [-0.15, -0.1) is 0 Å². The summed E-state index contributed by atoms with van der Waals surface area (Å²) in [4.78, 5) is 99.9. The van der Waals surface area contributed by atoms with Crippen LogP contribution in [0.1, 0.15) is 86.7 Å². The lowest BCUT2D eigenvalue weighted by Crippen LogP contribution is -2.82. The number of hydrogen-bond donors (Lipinski definition) is 7. The van der Waals surface area contributed by atoms with E-state index in [1.54, 1.807) is 66.7 Å². The first-order chi connectivity index (χ1) is 36.4. The van der Waals surface area contributed by atoms with Gasteiger partial charge in [0.1, 0.15) is 61.0 Å². The van der Waals surface area contributed by atoms with Gasteiger partial charge >= 0.3 is 29.8 Å². The molecule has 414 valence electrons. The number of carbonyl (C=O) groups excluding carboxylic acids is 7. The zero-order valence-electron chi connectivity index (χ0n) is 43.0. The minimum absolute atomic E-state index is 0.0350. The van der Waals surface area contributed by atoms with E-state index in [2.05, 4.69) is 5.32 Å². The normalized spacial score (nSPS) is 33.9. The molecule has 0 spiro atoms. The molecule has 2 saturated heterocycles. The number of benzene rings is 3. The van der Waals surface area contributed by atoms with Crippen LogP contribution >= 0.6 is 0 Å². The molecule has 0 radical (unpaired) electrons. The van der Waals surface area contributed by atoms with Crippen molar-refractivity contribution in [1.82, 2.24) is 5.32 Å². The lowest BCUT2D eigenvalue weighted by molar-refractivity contribution is -0.347. The molecule has 0 unspecified atom stereocenters. The van der Waals surface area contributed by atoms with Gasteiger partial charge < -0.3 is 73.9 Å². The smallest absolute Gasteiger partial charge is 0.338 e. The largest absolute Gasteiger partial charge is 0.459 e. The van der Waals surface area contributed by atoms with Crippen molar-refractivity contribution in [1.29, 1.82) is 0 Å². The van der Waals surface area contributed by atoms with Gasteiger partial charge in [-0.2, -0.15) is 0 Å². The second-order valence-electron chi connectivity index (χ2n) is 20.8. The third kappa shape index (κ3) is 10.3. The molecule has 3 aromatic rings. The number of Topliss-reactive ketones (excluding diaryl/α,β-unsaturated/α-hetero) is 1. The number of fused-ring (bicyclic) bond motifs is 5. The summed E-state index contributed by atoms with van der Waals surface area (Å²) in [5.41, 5.74) is -8.35. The fourth-order valence-corrected chi connectivity index (χ4v) is 11.9. The highest BCUT2D eigenvalue weighted by atomic mass is 16.7. The van der Waals surface area contributed by atoms with Crippen molar-refractivity contribution < 1.29 is 102 Å². The van der Waals surface area contributed by atoms with Gasteiger partial charge in [0.15, 0.2) is 29.9 Å². The number of rotatable bonds is 15. The van der Waals surface area contributed by atoms with E-state index in [-0.39, 0.29) is 22.3 Å². The summed E-state index contributed by atoms with van der Waals surface area (Å²) in [5.74, 6) is -8.96. The standard InChI is InChI=1S/C55H63NO21/c1-27-33(73-50(68)41(62)39(30-16-10-7-11-17-30)56-48(66)31-18-12-8-13-19-31)23-55(69)47(76-49(67)32-20-14-9-15-21-32)45-53(6,46(65)44(72-28(2)58)38(27)52(55,4)5)35(22-36-54(45,26-71-36)77-29(3)59)75-37(60)25-70-51-43(64)42(63)40(61)34(24-57)74-51/h7-21,33-36,39-45,47,51,57,61-64,69H,22-26H2,1-6H3,(H,56,66)/t33-,34+,35+,36+,39-,40+,41+,42-,43+,44+,45-,47-,51+,53+,54-,55+/m0/s1. The number of nitrogens with one attached hydrogen (secondary N) is 1. The SMILES string of the molecule is CC(=O)O[C@H]1C(=O)[C@@]2(C)[C@H]([C@H](OC(=O)c3ccccc3)[C@]3(O)C[C@H](OC(=O)[C@H](O)[C@@H](NC(=O)c4ccccc4)c4ccccc4)C(C)=C1C3(C)C)[C@]1(OC(C)=O)CO[C@@H]1C[C@H]2OC(=O)CO[C@@H]1O[C@H](CO)[C@@H](O)[C@H](O)[C@H]1O. The van der Waals surface area contributed by atoms with Crippen LogP contribution < -0.4 is 5.32 Å². The molecular formula is C55H63NO21. The fraction of sp³-hybridized carbons (Fsp3) is 0.509. The van der Waals surface area contributed by atoms with Gasteiger partial charge in [-0.3, -0.25) is 19.2 Å². The van der Waals surface area contributed by atoms with Crippen LogP contribution in [0.15, 0.2) is 102 Å². The molecule has 77 heavy (non-hydrogen) atoms. The first-order valence-corrected chi connectivity index (χ1v) is 25.0. The summed E-state index contributed by atoms with van der Waals surface area (Å²) in [6.07, 6.45) is -20.6. The minimum atomic E-state index is -2.58. The predicted octanol–water partition coefficient (Wildman–Crippen LogP) is 1.10. The van der Waals surface area contributed by atoms with Crippen LogP contribution in [0.3, 0.4) is 0 Å². The summed E-state index contributed by atoms with van der Waals surface area (Å²) < 4.78 is 47.8. The Balaban J connectivity index is 1.26. The topological polar surface area (TPSA) is 327 Å². The number of aliphatic hydroxyl groups is 6. The molecule has 2 aliphatic heterocycles. The average Bonchev–Trinajstić information content (AvgIpc) is 3.45. The van der Waals surface area contributed by atoms with Crippen molar-refractivity contribution in [3.8, 4) is 0 Å². The highest BCUT2D eigenvalue weighted by Gasteiger charge is 2.79. The number of ketones is 1. The van der Waals surface area contributed by atoms with E-state index >= 15 is 4.79 Å². The number of esters is 5. The Bertz CT molecular complexity index is 2750. The summed E-state index contributed by atoms with van der Waals surface area (Å²) >= 11 is 0. The number of ether oxygens (including phenoxy) is 8. The van der Waals surface area contributed by atoms with E-state index < -0.39 is 176 Å². The first kappa shape index (κ1) is 56.7. The molecule has 4 fully saturated rings. The van der Waals surface area contributed by atoms with Crippen LogP contribution in [0, 0.1) is 16.7 Å². The van der Waals surface area contributed by atoms with Crippen molar-refractivity contribution in [2.45, 2.75) is 139 Å². The molecule has 0 aromatic heterocycles. The molecule has 2 heterocycles. The Morgan fingerprint density at radius 2 is 1.40 bits per heavy atom. The van der Waals surface area contributed by atoms with Gasteiger partial charge in [0.2, 0.25) is 0 Å². The average molecular weight is 1070 g/mol. The summed E-state index contributed by atoms with van der Waals surface area (Å²) in [7, 11) is 0. The van der Waals surface area contributed by atoms with Crippen molar-refractivity contribution in [3.63, 3.8) is 0 Å². The molecule has 7 N–H and O–H groups in total. The maximum atomic E-state index is 16.3. The third-order valence-corrected chi connectivity index (χ3v) is 15.9. The molecule has 2 bridgehead atoms. The van der Waals surface area contributed by atoms with E-state index in [9.17, 15) is 59.4 Å². The fourth-order valence-electron chi connectivity index (χ4n) is 11.9. The molecule has 3 aromatic carbocycles. The second-order valence-corrected chi connectivity index (χ2v) is 20.8. The minimum Gasteiger partial charge on any atom is -0.459 e. The van der Waals surface area contributed by atoms with Gasteiger partial charge in [0.25, 0.3) is 5.91 Å². The Hall–Kier alpha value is -6.47. The van der Waals surface area contributed by atoms with Crippen molar-refractivity contribution in [2.75, 3.05) is 19.8 Å². The summed E-state index contributed by atoms with van der Waals surface area (Å²) in [6.45, 7) is 5.51. The Morgan fingerprint density at radius 3 is 1.97 bits per heavy atom. The van der Waals surface area contributed by atoms with Gasteiger partial charge in [-0.25, -0.2) is 14.4 Å². The van der Waals surface area contributed by atoms with Crippen LogP contribution in [0.25, 0.3) is 0 Å². The highest BCUT2D eigenvalue weighted by Crippen LogP contribution is 2.65. The molecular weight excluding hydrogens is 1010 g/mol. The third-order valence-electron chi connectivity index (χ3n) is 15.9. The maximum Gasteiger partial charge on any atom is 0.338 e. The number of hydrogen-bond acceptors (Lipinski definition) is 21. The van der Waals surface area contributed by atoms with E-state index in [0.717, 1.165) is 13.8 Å². The molecule has 16 atom stereocenters. The van der Waals surface area contributed by atoms with Gasteiger partial charge in [0, 0.05) is 37.7 Å². The molecule has 2 saturated carbocycles. The zero-order valence-corrected chi connectivity index (χ0v) is 43.0. The molecule has 22 nitrogen and oxygen atoms in total. The van der Waals surface area contributed by atoms with Crippen LogP contribution in [-0.4, -0.2) is 171 Å². The summed E-state index contributed by atoms with van der Waals surface area (Å²) in [5, 5.41) is 69.7. The van der Waals surface area contributed by atoms with Gasteiger partial charge in [-0.1, -0.05) is 80.6 Å². The first-order valence-electron chi connectivity index (χ1n) is 25.0. The number of amides is 1. The molecule has 8 rings (SSSR count). The Labute approximate surface area is 442 Å². The molecule has 1 amide bonds.